The van der Waals surface area contributed by atoms with Gasteiger partial charge in [-0.3, -0.25) is 9.69 Å². The highest BCUT2D eigenvalue weighted by molar-refractivity contribution is 5.78. The molecule has 118 valence electrons. The molecule has 1 amide bonds. The lowest BCUT2D eigenvalue weighted by Gasteiger charge is -2.31. The van der Waals surface area contributed by atoms with Crippen LogP contribution < -0.4 is 5.32 Å². The average Bonchev–Trinajstić information content (AvgIpc) is 2.45. The molecule has 1 aliphatic heterocycles. The van der Waals surface area contributed by atoms with Gasteiger partial charge in [0.25, 0.3) is 0 Å². The molecule has 1 heterocycles. The van der Waals surface area contributed by atoms with Crippen LogP contribution in [0.3, 0.4) is 0 Å². The van der Waals surface area contributed by atoms with Crippen LogP contribution in [0.1, 0.15) is 33.6 Å². The van der Waals surface area contributed by atoms with Gasteiger partial charge in [0.1, 0.15) is 0 Å². The van der Waals surface area contributed by atoms with Crippen molar-refractivity contribution >= 4 is 5.91 Å². The van der Waals surface area contributed by atoms with Crippen molar-refractivity contribution in [1.82, 2.24) is 15.1 Å². The first kappa shape index (κ1) is 17.4. The lowest BCUT2D eigenvalue weighted by atomic mass is 9.99. The fourth-order valence-electron chi connectivity index (χ4n) is 2.55. The Morgan fingerprint density at radius 3 is 2.50 bits per heavy atom. The number of hydrogen-bond acceptors (Lipinski definition) is 4. The van der Waals surface area contributed by atoms with E-state index in [9.17, 15) is 9.90 Å². The fourth-order valence-corrected chi connectivity index (χ4v) is 2.55. The first-order valence-electron chi connectivity index (χ1n) is 7.94. The fraction of sp³-hybridized carbons (Fsp3) is 0.933. The summed E-state index contributed by atoms with van der Waals surface area (Å²) in [6.07, 6.45) is 1.95. The van der Waals surface area contributed by atoms with E-state index in [2.05, 4.69) is 22.0 Å². The van der Waals surface area contributed by atoms with Gasteiger partial charge in [-0.05, 0) is 44.9 Å². The van der Waals surface area contributed by atoms with Gasteiger partial charge in [0.15, 0.2) is 0 Å². The Bertz CT molecular complexity index is 274. The number of carbonyl (C=O) groups excluding carboxylic acids is 1. The van der Waals surface area contributed by atoms with Gasteiger partial charge < -0.3 is 15.3 Å². The van der Waals surface area contributed by atoms with E-state index in [1.165, 1.54) is 12.8 Å². The summed E-state index contributed by atoms with van der Waals surface area (Å²) in [7, 11) is 0. The zero-order chi connectivity index (χ0) is 15.0. The van der Waals surface area contributed by atoms with Crippen LogP contribution in [0.4, 0.5) is 0 Å². The van der Waals surface area contributed by atoms with Crippen molar-refractivity contribution < 1.29 is 9.90 Å². The molecule has 0 saturated carbocycles. The number of nitrogens with one attached hydrogen (secondary N) is 1. The van der Waals surface area contributed by atoms with E-state index < -0.39 is 6.10 Å². The predicted molar refractivity (Wildman–Crippen MR) is 81.6 cm³/mol. The number of rotatable bonds is 8. The lowest BCUT2D eigenvalue weighted by molar-refractivity contribution is -0.122. The highest BCUT2D eigenvalue weighted by atomic mass is 16.3. The van der Waals surface area contributed by atoms with Crippen LogP contribution in [-0.4, -0.2) is 72.7 Å². The van der Waals surface area contributed by atoms with E-state index in [-0.39, 0.29) is 5.91 Å². The third-order valence-electron chi connectivity index (χ3n) is 4.14. The summed E-state index contributed by atoms with van der Waals surface area (Å²) in [5.74, 6) is 0.803. The van der Waals surface area contributed by atoms with Crippen molar-refractivity contribution in [2.75, 3.05) is 45.8 Å². The van der Waals surface area contributed by atoms with E-state index >= 15 is 0 Å². The summed E-state index contributed by atoms with van der Waals surface area (Å²) in [6.45, 7) is 11.7. The molecule has 1 rings (SSSR count). The van der Waals surface area contributed by atoms with Crippen LogP contribution in [0.15, 0.2) is 0 Å². The number of carbonyl (C=O) groups is 1. The predicted octanol–water partition coefficient (Wildman–Crippen LogP) is 0.537. The van der Waals surface area contributed by atoms with Crippen molar-refractivity contribution in [2.45, 2.75) is 39.7 Å². The maximum absolute atomic E-state index is 11.7. The largest absolute Gasteiger partial charge is 0.390 e. The number of β-amino-alcohol motifs (C(OH)–C–C–N with tert-alkyl or cyclic N) is 1. The number of aliphatic hydroxyl groups is 1. The molecule has 0 spiro atoms. The van der Waals surface area contributed by atoms with Gasteiger partial charge in [-0.1, -0.05) is 20.8 Å². The molecule has 2 N–H and O–H groups in total. The molecule has 0 aromatic carbocycles. The smallest absolute Gasteiger partial charge is 0.234 e. The van der Waals surface area contributed by atoms with Gasteiger partial charge in [-0.25, -0.2) is 0 Å². The number of aliphatic hydroxyl groups excluding tert-OH is 1. The quantitative estimate of drug-likeness (QED) is 0.683. The molecule has 20 heavy (non-hydrogen) atoms. The Morgan fingerprint density at radius 1 is 1.35 bits per heavy atom. The van der Waals surface area contributed by atoms with E-state index in [0.29, 0.717) is 19.6 Å². The van der Waals surface area contributed by atoms with Gasteiger partial charge in [0.2, 0.25) is 5.91 Å². The molecule has 1 aliphatic rings. The molecule has 5 nitrogen and oxygen atoms in total. The Kier molecular flexibility index (Phi) is 8.11. The molecular formula is C15H31N3O2. The molecule has 1 unspecified atom stereocenters. The second-order valence-electron chi connectivity index (χ2n) is 5.90. The number of nitrogens with zero attached hydrogens (tertiary/aromatic N) is 2. The van der Waals surface area contributed by atoms with Crippen LogP contribution in [0.5, 0.6) is 0 Å². The van der Waals surface area contributed by atoms with Crippen molar-refractivity contribution in [3.63, 3.8) is 0 Å². The van der Waals surface area contributed by atoms with Crippen molar-refractivity contribution in [2.24, 2.45) is 5.92 Å². The Morgan fingerprint density at radius 2 is 1.95 bits per heavy atom. The number of likely N-dealkylation sites (tertiary alicyclic amines) is 1. The number of piperidine rings is 1. The van der Waals surface area contributed by atoms with E-state index in [1.54, 1.807) is 0 Å². The number of amides is 1. The first-order valence-corrected chi connectivity index (χ1v) is 7.94. The van der Waals surface area contributed by atoms with E-state index in [4.69, 9.17) is 0 Å². The van der Waals surface area contributed by atoms with Crippen molar-refractivity contribution in [1.29, 1.82) is 0 Å². The molecule has 0 radical (unpaired) electrons. The average molecular weight is 285 g/mol. The maximum Gasteiger partial charge on any atom is 0.234 e. The second kappa shape index (κ2) is 9.32. The van der Waals surface area contributed by atoms with E-state index in [1.807, 2.05) is 13.8 Å². The second-order valence-corrected chi connectivity index (χ2v) is 5.90. The topological polar surface area (TPSA) is 55.8 Å². The van der Waals surface area contributed by atoms with Gasteiger partial charge in [-0.2, -0.15) is 0 Å². The van der Waals surface area contributed by atoms with Crippen LogP contribution in [0, 0.1) is 5.92 Å². The Hall–Kier alpha value is -0.650. The molecule has 0 bridgehead atoms. The highest BCUT2D eigenvalue weighted by Gasteiger charge is 2.18. The third-order valence-corrected chi connectivity index (χ3v) is 4.14. The Labute approximate surface area is 123 Å². The number of hydrogen-bond donors (Lipinski definition) is 2. The molecule has 0 aromatic rings. The zero-order valence-corrected chi connectivity index (χ0v) is 13.3. The van der Waals surface area contributed by atoms with Gasteiger partial charge >= 0.3 is 0 Å². The third kappa shape index (κ3) is 6.68. The van der Waals surface area contributed by atoms with Crippen LogP contribution in [-0.2, 0) is 4.79 Å². The summed E-state index contributed by atoms with van der Waals surface area (Å²) in [4.78, 5) is 16.1. The zero-order valence-electron chi connectivity index (χ0n) is 13.3. The van der Waals surface area contributed by atoms with Crippen molar-refractivity contribution in [3.05, 3.63) is 0 Å². The summed E-state index contributed by atoms with van der Waals surface area (Å²) < 4.78 is 0. The lowest BCUT2D eigenvalue weighted by Crippen LogP contribution is -2.45. The van der Waals surface area contributed by atoms with Crippen LogP contribution >= 0.6 is 0 Å². The van der Waals surface area contributed by atoms with Crippen LogP contribution in [0.2, 0.25) is 0 Å². The molecule has 1 fully saturated rings. The summed E-state index contributed by atoms with van der Waals surface area (Å²) in [6, 6.07) is 0. The van der Waals surface area contributed by atoms with E-state index in [0.717, 1.165) is 32.1 Å². The minimum atomic E-state index is -0.468. The summed E-state index contributed by atoms with van der Waals surface area (Å²) in [5, 5.41) is 12.8. The SMILES string of the molecule is CCN(CC)CC(=O)NCC(O)CN1CCC(C)CC1. The van der Waals surface area contributed by atoms with Gasteiger partial charge in [0.05, 0.1) is 12.6 Å². The highest BCUT2D eigenvalue weighted by Crippen LogP contribution is 2.15. The monoisotopic (exact) mass is 285 g/mol. The summed E-state index contributed by atoms with van der Waals surface area (Å²) >= 11 is 0. The first-order chi connectivity index (χ1) is 9.55. The maximum atomic E-state index is 11.7. The standard InChI is InChI=1S/C15H31N3O2/c1-4-17(5-2)12-15(20)16-10-14(19)11-18-8-6-13(3)7-9-18/h13-14,19H,4-12H2,1-3H3,(H,16,20). The molecule has 0 aromatic heterocycles. The van der Waals surface area contributed by atoms with Gasteiger partial charge in [-0.15, -0.1) is 0 Å². The molecule has 1 atom stereocenters. The van der Waals surface area contributed by atoms with Crippen LogP contribution in [0.25, 0.3) is 0 Å². The van der Waals surface area contributed by atoms with Crippen molar-refractivity contribution in [3.8, 4) is 0 Å². The molecule has 1 saturated heterocycles. The minimum absolute atomic E-state index is 0.0000152. The summed E-state index contributed by atoms with van der Waals surface area (Å²) in [5.41, 5.74) is 0. The Balaban J connectivity index is 2.16. The molecule has 5 heteroatoms. The molecule has 0 aliphatic carbocycles. The normalized spacial score (nSPS) is 19.2. The number of likely N-dealkylation sites (N-methyl/N-ethyl adjacent to an activating group) is 1. The minimum Gasteiger partial charge on any atom is -0.390 e. The van der Waals surface area contributed by atoms with Gasteiger partial charge in [0, 0.05) is 13.1 Å². The molecular weight excluding hydrogens is 254 g/mol.